The molecule has 15 N–H and O–H groups in total. The number of likely N-dealkylation sites (N-methyl/N-ethyl adjacent to an activating group) is 1. The number of ether oxygens (including phenoxy) is 2. The maximum Gasteiger partial charge on any atom is 0.330 e. The number of hydrogen-bond acceptors (Lipinski definition) is 16. The van der Waals surface area contributed by atoms with E-state index in [1.807, 2.05) is 13.8 Å². The Kier molecular flexibility index (Phi) is 16.8. The molecule has 0 aromatic heterocycles. The topological polar surface area (TPSA) is 387 Å². The molecule has 420 valence electrons. The van der Waals surface area contributed by atoms with Gasteiger partial charge in [-0.25, -0.2) is 4.79 Å². The van der Waals surface area contributed by atoms with Crippen molar-refractivity contribution >= 4 is 70.5 Å². The maximum atomic E-state index is 15.4. The molecule has 0 saturated carbocycles. The van der Waals surface area contributed by atoms with Crippen molar-refractivity contribution in [3.63, 3.8) is 0 Å². The van der Waals surface area contributed by atoms with Gasteiger partial charge in [-0.05, 0) is 103 Å². The average Bonchev–Trinajstić information content (AvgIpc) is 3.39. The number of fused-ring (bicyclic) bond motifs is 15. The highest BCUT2D eigenvalue weighted by Gasteiger charge is 2.41. The first-order valence-electron chi connectivity index (χ1n) is 24.7. The Morgan fingerprint density at radius 3 is 1.81 bits per heavy atom. The zero-order chi connectivity index (χ0) is 58.2. The summed E-state index contributed by atoms with van der Waals surface area (Å²) in [5.41, 5.74) is 3.93. The lowest BCUT2D eigenvalue weighted by atomic mass is 9.89. The molecule has 9 atom stereocenters. The van der Waals surface area contributed by atoms with E-state index in [1.165, 1.54) is 62.5 Å². The SMILES string of the molecule is CN[C@H](CC(C)C)C(=O)NC1C(=O)N[C@@H](CC(N)=O)C(=O)N[C@H]2C(=O)N[C@H]3C(=O)N[C@H](C(=O)N[C@H](C(=O)O)c4cc(O)cc(O)c4-c4cc3ccc4O)[C@H](O)c3ccc(c(Cl)c3)Oc3cc2cc(c3C)Oc2ccc(cc2Cl)[C@H]1O. The van der Waals surface area contributed by atoms with Crippen LogP contribution >= 0.6 is 23.2 Å². The van der Waals surface area contributed by atoms with Crippen LogP contribution in [0, 0.1) is 12.8 Å². The van der Waals surface area contributed by atoms with Crippen LogP contribution in [0.15, 0.2) is 78.9 Å². The maximum absolute atomic E-state index is 15.4. The number of nitrogens with one attached hydrogen (secondary N) is 7. The molecule has 24 nitrogen and oxygen atoms in total. The number of carboxylic acids is 1. The Morgan fingerprint density at radius 2 is 1.24 bits per heavy atom. The standard InChI is InChI=1S/C54H54Cl2N8O16/c1-20(2)11-31(58-4)48(71)63-44-46(69)23-6-9-35(29(55)13-23)79-37-15-25-16-38(21(37)3)80-36-10-7-24(14-30(36)56)47(70)45-53(76)62-43(54(77)78)28-17-26(65)18-34(67)40(28)27-12-22(5-8-33(27)66)41(50(73)64-45)61-51(74)42(25)60-49(72)32(19-39(57)68)59-52(44)75/h5-10,12-18,20,31-32,41-47,58,65-67,69-70H,11,19H2,1-4H3,(H2,57,68)(H,59,75)(H,60,72)(H,61,74)(H,62,76)(H,63,71)(H,64,73)(H,77,78)/t31-,32+,41-,42-,43+,44?,45+,46-,47-/m1/s1. The van der Waals surface area contributed by atoms with Crippen LogP contribution in [0.2, 0.25) is 10.0 Å². The number of amides is 7. The molecule has 5 aromatic carbocycles. The molecule has 10 rings (SSSR count). The molecule has 80 heavy (non-hydrogen) atoms. The molecule has 5 aliphatic heterocycles. The first-order valence-corrected chi connectivity index (χ1v) is 25.4. The summed E-state index contributed by atoms with van der Waals surface area (Å²) in [7, 11) is 1.52. The van der Waals surface area contributed by atoms with Crippen LogP contribution in [0.1, 0.15) is 90.4 Å². The second-order valence-corrected chi connectivity index (χ2v) is 20.5. The summed E-state index contributed by atoms with van der Waals surface area (Å²) in [6.45, 7) is 5.25. The molecule has 1 unspecified atom stereocenters. The number of carboxylic acid groups (broad SMARTS) is 1. The van der Waals surface area contributed by atoms with Gasteiger partial charge in [-0.3, -0.25) is 33.6 Å². The predicted molar refractivity (Wildman–Crippen MR) is 283 cm³/mol. The number of aliphatic hydroxyl groups excluding tert-OH is 2. The van der Waals surface area contributed by atoms with Gasteiger partial charge in [0.2, 0.25) is 41.4 Å². The Morgan fingerprint density at radius 1 is 0.662 bits per heavy atom. The average molecular weight is 1140 g/mol. The van der Waals surface area contributed by atoms with E-state index in [0.717, 1.165) is 30.3 Å². The Hall–Kier alpha value is -8.68. The van der Waals surface area contributed by atoms with Crippen molar-refractivity contribution in [1.82, 2.24) is 37.2 Å². The monoisotopic (exact) mass is 1140 g/mol. The third kappa shape index (κ3) is 12.0. The fourth-order valence-corrected chi connectivity index (χ4v) is 9.93. The molecular weight excluding hydrogens is 1090 g/mol. The van der Waals surface area contributed by atoms with Crippen molar-refractivity contribution in [1.29, 1.82) is 0 Å². The number of aliphatic hydroxyl groups is 2. The molecule has 7 amide bonds. The fraction of sp³-hybridized carbons (Fsp3) is 0.296. The second kappa shape index (κ2) is 23.3. The number of aromatic hydroxyl groups is 3. The molecule has 5 aromatic rings. The molecule has 0 fully saturated rings. The number of benzene rings is 5. The number of primary amides is 1. The molecule has 0 aliphatic carbocycles. The van der Waals surface area contributed by atoms with Crippen LogP contribution in [0.25, 0.3) is 11.1 Å². The van der Waals surface area contributed by atoms with Crippen molar-refractivity contribution in [3.8, 4) is 51.4 Å². The van der Waals surface area contributed by atoms with Gasteiger partial charge < -0.3 is 83.1 Å². The van der Waals surface area contributed by atoms with Gasteiger partial charge in [-0.2, -0.15) is 0 Å². The number of hydrogen-bond donors (Lipinski definition) is 14. The lowest BCUT2D eigenvalue weighted by Gasteiger charge is -2.31. The van der Waals surface area contributed by atoms with E-state index in [1.54, 1.807) is 0 Å². The first-order chi connectivity index (χ1) is 37.8. The van der Waals surface area contributed by atoms with E-state index in [0.29, 0.717) is 0 Å². The van der Waals surface area contributed by atoms with Crippen LogP contribution < -0.4 is 52.4 Å². The summed E-state index contributed by atoms with van der Waals surface area (Å²) in [4.78, 5) is 114. The molecule has 0 saturated heterocycles. The third-order valence-corrected chi connectivity index (χ3v) is 14.2. The lowest BCUT2D eigenvalue weighted by Crippen LogP contribution is -2.59. The number of rotatable bonds is 8. The minimum absolute atomic E-state index is 0.00789. The van der Waals surface area contributed by atoms with E-state index in [9.17, 15) is 59.4 Å². The fourth-order valence-electron chi connectivity index (χ4n) is 9.48. The minimum atomic E-state index is -2.15. The van der Waals surface area contributed by atoms with E-state index >= 15 is 9.59 Å². The van der Waals surface area contributed by atoms with E-state index in [2.05, 4.69) is 37.2 Å². The van der Waals surface area contributed by atoms with Crippen LogP contribution in [-0.4, -0.2) is 109 Å². The third-order valence-electron chi connectivity index (χ3n) is 13.6. The number of nitrogens with two attached hydrogens (primary N) is 1. The lowest BCUT2D eigenvalue weighted by molar-refractivity contribution is -0.143. The van der Waals surface area contributed by atoms with Crippen LogP contribution in [0.5, 0.6) is 40.2 Å². The molecular formula is C54H54Cl2N8O16. The van der Waals surface area contributed by atoms with Gasteiger partial charge in [0, 0.05) is 28.3 Å². The van der Waals surface area contributed by atoms with Gasteiger partial charge in [0.1, 0.15) is 82.7 Å². The van der Waals surface area contributed by atoms with Gasteiger partial charge in [0.15, 0.2) is 6.04 Å². The van der Waals surface area contributed by atoms with Crippen molar-refractivity contribution in [2.75, 3.05) is 7.05 Å². The van der Waals surface area contributed by atoms with E-state index in [-0.39, 0.29) is 78.8 Å². The molecule has 5 heterocycles. The molecule has 5 aliphatic rings. The second-order valence-electron chi connectivity index (χ2n) is 19.7. The highest BCUT2D eigenvalue weighted by Crippen LogP contribution is 2.46. The van der Waals surface area contributed by atoms with Crippen LogP contribution in [0.3, 0.4) is 0 Å². The summed E-state index contributed by atoms with van der Waals surface area (Å²) >= 11 is 13.7. The van der Waals surface area contributed by atoms with Crippen molar-refractivity contribution < 1.29 is 78.5 Å². The number of halogens is 2. The highest BCUT2D eigenvalue weighted by molar-refractivity contribution is 6.32. The summed E-state index contributed by atoms with van der Waals surface area (Å²) in [5.74, 6) is -12.5. The zero-order valence-electron chi connectivity index (χ0n) is 42.8. The quantitative estimate of drug-likeness (QED) is 0.106. The number of carbonyl (C=O) groups excluding carboxylic acids is 7. The first kappa shape index (κ1) is 57.5. The zero-order valence-corrected chi connectivity index (χ0v) is 44.3. The molecule has 0 spiro atoms. The Bertz CT molecular complexity index is 3380. The van der Waals surface area contributed by atoms with Gasteiger partial charge in [0.05, 0.1) is 22.5 Å². The summed E-state index contributed by atoms with van der Waals surface area (Å²) in [5, 5.41) is 84.9. The summed E-state index contributed by atoms with van der Waals surface area (Å²) < 4.78 is 12.7. The number of phenols is 3. The largest absolute Gasteiger partial charge is 0.508 e. The van der Waals surface area contributed by atoms with Crippen molar-refractivity contribution in [2.45, 2.75) is 88.1 Å². The van der Waals surface area contributed by atoms with Crippen LogP contribution in [0.4, 0.5) is 0 Å². The molecule has 0 radical (unpaired) electrons. The molecule has 26 heteroatoms. The number of phenolic OH excluding ortho intramolecular Hbond substituents is 3. The van der Waals surface area contributed by atoms with Gasteiger partial charge in [-0.1, -0.05) is 55.2 Å². The summed E-state index contributed by atoms with van der Waals surface area (Å²) in [6.07, 6.45) is -4.61. The van der Waals surface area contributed by atoms with E-state index < -0.39 is 137 Å². The van der Waals surface area contributed by atoms with Gasteiger partial charge >= 0.3 is 5.97 Å². The van der Waals surface area contributed by atoms with Gasteiger partial charge in [-0.15, -0.1) is 0 Å². The number of carbonyl (C=O) groups is 8. The van der Waals surface area contributed by atoms with Crippen LogP contribution in [-0.2, 0) is 38.4 Å². The Balaban J connectivity index is 1.36. The molecule has 11 bridgehead atoms. The highest BCUT2D eigenvalue weighted by atomic mass is 35.5. The van der Waals surface area contributed by atoms with E-state index in [4.69, 9.17) is 38.4 Å². The van der Waals surface area contributed by atoms with Gasteiger partial charge in [0.25, 0.3) is 0 Å². The smallest absolute Gasteiger partial charge is 0.330 e. The van der Waals surface area contributed by atoms with Crippen molar-refractivity contribution in [2.24, 2.45) is 11.7 Å². The summed E-state index contributed by atoms with van der Waals surface area (Å²) in [6, 6.07) is 2.09. The van der Waals surface area contributed by atoms with Crippen molar-refractivity contribution in [3.05, 3.63) is 122 Å². The normalized spacial score (nSPS) is 22.4. The number of aliphatic carboxylic acids is 1. The predicted octanol–water partition coefficient (Wildman–Crippen LogP) is 3.00. The minimum Gasteiger partial charge on any atom is -0.508 e. The Labute approximate surface area is 464 Å².